The summed E-state index contributed by atoms with van der Waals surface area (Å²) in [4.78, 5) is 4.54. The van der Waals surface area contributed by atoms with Crippen molar-refractivity contribution >= 4 is 37.4 Å². The van der Waals surface area contributed by atoms with E-state index < -0.39 is 10.0 Å². The number of nitrogens with zero attached hydrogens (tertiary/aromatic N) is 2. The van der Waals surface area contributed by atoms with Gasteiger partial charge < -0.3 is 5.73 Å². The van der Waals surface area contributed by atoms with E-state index in [1.807, 2.05) is 24.4 Å². The highest BCUT2D eigenvalue weighted by Crippen LogP contribution is 2.33. The maximum absolute atomic E-state index is 13.0. The number of aromatic nitrogens is 2. The largest absolute Gasteiger partial charge is 0.391 e. The summed E-state index contributed by atoms with van der Waals surface area (Å²) in [5.74, 6) is 0. The van der Waals surface area contributed by atoms with Crippen LogP contribution < -0.4 is 5.73 Å². The summed E-state index contributed by atoms with van der Waals surface area (Å²) in [6, 6.07) is 12.3. The standard InChI is InChI=1S/C18H15N3O2S2/c1-12-2-4-14(5-3-12)25(22,23)21-9-7-16-15(6-8-20-18(16)21)13-10-17(19)24-11-13/h2-11H,19H2,1H3. The van der Waals surface area contributed by atoms with E-state index in [1.165, 1.54) is 15.3 Å². The molecule has 0 fully saturated rings. The highest BCUT2D eigenvalue weighted by molar-refractivity contribution is 7.90. The van der Waals surface area contributed by atoms with E-state index in [1.54, 1.807) is 42.7 Å². The van der Waals surface area contributed by atoms with Crippen LogP contribution in [0.25, 0.3) is 22.2 Å². The number of benzene rings is 1. The van der Waals surface area contributed by atoms with Gasteiger partial charge in [-0.3, -0.25) is 0 Å². The summed E-state index contributed by atoms with van der Waals surface area (Å²) in [7, 11) is -3.70. The summed E-state index contributed by atoms with van der Waals surface area (Å²) in [5, 5.41) is 3.44. The van der Waals surface area contributed by atoms with Crippen LogP contribution in [0.15, 0.2) is 65.1 Å². The van der Waals surface area contributed by atoms with Crippen LogP contribution in [-0.2, 0) is 10.0 Å². The second kappa shape index (κ2) is 5.72. The predicted octanol–water partition coefficient (Wildman–Crippen LogP) is 3.89. The Bertz CT molecular complexity index is 1170. The molecule has 0 amide bonds. The van der Waals surface area contributed by atoms with E-state index in [0.717, 1.165) is 22.1 Å². The van der Waals surface area contributed by atoms with Crippen molar-refractivity contribution in [3.05, 3.63) is 65.8 Å². The third-order valence-electron chi connectivity index (χ3n) is 4.06. The van der Waals surface area contributed by atoms with E-state index in [-0.39, 0.29) is 4.90 Å². The molecule has 1 aromatic carbocycles. The summed E-state index contributed by atoms with van der Waals surface area (Å²) in [5.41, 5.74) is 9.11. The molecular weight excluding hydrogens is 354 g/mol. The fourth-order valence-electron chi connectivity index (χ4n) is 2.78. The number of pyridine rings is 1. The molecule has 0 spiro atoms. The fraction of sp³-hybridized carbons (Fsp3) is 0.0556. The Balaban J connectivity index is 1.91. The van der Waals surface area contributed by atoms with E-state index >= 15 is 0 Å². The average molecular weight is 369 g/mol. The van der Waals surface area contributed by atoms with Crippen molar-refractivity contribution in [2.24, 2.45) is 0 Å². The normalized spacial score (nSPS) is 11.9. The Morgan fingerprint density at radius 3 is 2.56 bits per heavy atom. The zero-order chi connectivity index (χ0) is 17.6. The van der Waals surface area contributed by atoms with Crippen LogP contribution in [0, 0.1) is 6.92 Å². The molecule has 25 heavy (non-hydrogen) atoms. The molecule has 4 rings (SSSR count). The van der Waals surface area contributed by atoms with Crippen molar-refractivity contribution in [1.29, 1.82) is 0 Å². The zero-order valence-electron chi connectivity index (χ0n) is 13.4. The SMILES string of the molecule is Cc1ccc(S(=O)(=O)n2ccc3c(-c4csc(N)c4)ccnc32)cc1. The second-order valence-corrected chi connectivity index (χ2v) is 8.52. The van der Waals surface area contributed by atoms with Crippen molar-refractivity contribution in [1.82, 2.24) is 8.96 Å². The Labute approximate surface area is 149 Å². The first-order valence-electron chi connectivity index (χ1n) is 7.59. The van der Waals surface area contributed by atoms with Crippen molar-refractivity contribution in [3.63, 3.8) is 0 Å². The zero-order valence-corrected chi connectivity index (χ0v) is 15.0. The maximum atomic E-state index is 13.0. The molecule has 0 aliphatic heterocycles. The third kappa shape index (κ3) is 2.61. The Morgan fingerprint density at radius 2 is 1.88 bits per heavy atom. The van der Waals surface area contributed by atoms with Crippen LogP contribution in [-0.4, -0.2) is 17.4 Å². The molecule has 5 nitrogen and oxygen atoms in total. The highest BCUT2D eigenvalue weighted by Gasteiger charge is 2.20. The van der Waals surface area contributed by atoms with Crippen LogP contribution in [0.4, 0.5) is 5.00 Å². The third-order valence-corrected chi connectivity index (χ3v) is 6.51. The Kier molecular flexibility index (Phi) is 3.63. The van der Waals surface area contributed by atoms with Gasteiger partial charge in [0.15, 0.2) is 5.65 Å². The lowest BCUT2D eigenvalue weighted by Crippen LogP contribution is -2.12. The molecule has 0 unspecified atom stereocenters. The molecule has 0 radical (unpaired) electrons. The van der Waals surface area contributed by atoms with Gasteiger partial charge in [0, 0.05) is 23.2 Å². The monoisotopic (exact) mass is 369 g/mol. The van der Waals surface area contributed by atoms with Gasteiger partial charge in [-0.1, -0.05) is 17.7 Å². The number of nitrogen functional groups attached to an aromatic ring is 1. The van der Waals surface area contributed by atoms with Gasteiger partial charge in [0.2, 0.25) is 0 Å². The molecule has 0 aliphatic carbocycles. The van der Waals surface area contributed by atoms with Crippen LogP contribution in [0.3, 0.4) is 0 Å². The number of anilines is 1. The van der Waals surface area contributed by atoms with Crippen molar-refractivity contribution in [3.8, 4) is 11.1 Å². The van der Waals surface area contributed by atoms with E-state index in [0.29, 0.717) is 10.6 Å². The van der Waals surface area contributed by atoms with Gasteiger partial charge >= 0.3 is 0 Å². The van der Waals surface area contributed by atoms with Crippen molar-refractivity contribution in [2.75, 3.05) is 5.73 Å². The predicted molar refractivity (Wildman–Crippen MR) is 101 cm³/mol. The minimum absolute atomic E-state index is 0.239. The molecule has 3 heterocycles. The molecule has 2 N–H and O–H groups in total. The first-order valence-corrected chi connectivity index (χ1v) is 9.91. The minimum Gasteiger partial charge on any atom is -0.391 e. The summed E-state index contributed by atoms with van der Waals surface area (Å²) in [6.07, 6.45) is 3.17. The molecule has 7 heteroatoms. The molecular formula is C18H15N3O2S2. The number of rotatable bonds is 3. The maximum Gasteiger partial charge on any atom is 0.269 e. The number of fused-ring (bicyclic) bond motifs is 1. The van der Waals surface area contributed by atoms with E-state index in [4.69, 9.17) is 5.73 Å². The highest BCUT2D eigenvalue weighted by atomic mass is 32.2. The van der Waals surface area contributed by atoms with Crippen LogP contribution in [0.2, 0.25) is 0 Å². The molecule has 3 aromatic heterocycles. The van der Waals surface area contributed by atoms with Gasteiger partial charge in [-0.15, -0.1) is 11.3 Å². The van der Waals surface area contributed by atoms with E-state index in [2.05, 4.69) is 4.98 Å². The molecule has 0 atom stereocenters. The average Bonchev–Trinajstić information content (AvgIpc) is 3.21. The molecule has 0 bridgehead atoms. The topological polar surface area (TPSA) is 78.0 Å². The summed E-state index contributed by atoms with van der Waals surface area (Å²) >= 11 is 1.45. The van der Waals surface area contributed by atoms with Crippen LogP contribution in [0.1, 0.15) is 5.56 Å². The van der Waals surface area contributed by atoms with Gasteiger partial charge in [0.1, 0.15) is 0 Å². The molecule has 4 aromatic rings. The number of hydrogen-bond donors (Lipinski definition) is 1. The first-order chi connectivity index (χ1) is 12.0. The Hall–Kier alpha value is -2.64. The first kappa shape index (κ1) is 15.9. The van der Waals surface area contributed by atoms with Gasteiger partial charge in [-0.05, 0) is 48.4 Å². The summed E-state index contributed by atoms with van der Waals surface area (Å²) < 4.78 is 27.2. The lowest BCUT2D eigenvalue weighted by Gasteiger charge is -2.08. The van der Waals surface area contributed by atoms with Gasteiger partial charge in [-0.25, -0.2) is 17.4 Å². The van der Waals surface area contributed by atoms with Crippen molar-refractivity contribution < 1.29 is 8.42 Å². The Morgan fingerprint density at radius 1 is 1.12 bits per heavy atom. The smallest absolute Gasteiger partial charge is 0.269 e. The number of nitrogens with two attached hydrogens (primary N) is 1. The lowest BCUT2D eigenvalue weighted by atomic mass is 10.1. The van der Waals surface area contributed by atoms with Crippen molar-refractivity contribution in [2.45, 2.75) is 11.8 Å². The van der Waals surface area contributed by atoms with Crippen LogP contribution in [0.5, 0.6) is 0 Å². The number of aryl methyl sites for hydroxylation is 1. The van der Waals surface area contributed by atoms with E-state index in [9.17, 15) is 8.42 Å². The summed E-state index contributed by atoms with van der Waals surface area (Å²) in [6.45, 7) is 1.92. The van der Waals surface area contributed by atoms with Crippen LogP contribution >= 0.6 is 11.3 Å². The molecule has 126 valence electrons. The molecule has 0 aliphatic rings. The van der Waals surface area contributed by atoms with Gasteiger partial charge in [0.25, 0.3) is 10.0 Å². The quantitative estimate of drug-likeness (QED) is 0.594. The second-order valence-electron chi connectivity index (χ2n) is 5.76. The molecule has 0 saturated carbocycles. The number of thiophene rings is 1. The number of hydrogen-bond acceptors (Lipinski definition) is 5. The molecule has 0 saturated heterocycles. The van der Waals surface area contributed by atoms with Gasteiger partial charge in [0.05, 0.1) is 9.90 Å². The fourth-order valence-corrected chi connectivity index (χ4v) is 4.73. The van der Waals surface area contributed by atoms with Gasteiger partial charge in [-0.2, -0.15) is 0 Å². The minimum atomic E-state index is -3.70. The lowest BCUT2D eigenvalue weighted by molar-refractivity contribution is 0.589.